The third kappa shape index (κ3) is 5.72. The van der Waals surface area contributed by atoms with Crippen LogP contribution in [-0.2, 0) is 28.7 Å². The van der Waals surface area contributed by atoms with Crippen molar-refractivity contribution in [1.29, 1.82) is 0 Å². The van der Waals surface area contributed by atoms with Gasteiger partial charge in [0.25, 0.3) is 0 Å². The molecule has 43 heavy (non-hydrogen) atoms. The predicted octanol–water partition coefficient (Wildman–Crippen LogP) is 2.90. The smallest absolute Gasteiger partial charge is 0.306 e. The summed E-state index contributed by atoms with van der Waals surface area (Å²) in [6.07, 6.45) is 9.38. The monoisotopic (exact) mass is 599 g/mol. The highest BCUT2D eigenvalue weighted by Gasteiger charge is 2.68. The molecule has 0 aliphatic heterocycles. The van der Waals surface area contributed by atoms with Crippen LogP contribution < -0.4 is 5.32 Å². The average molecular weight is 600 g/mol. The molecule has 1 amide bonds. The van der Waals surface area contributed by atoms with E-state index in [0.717, 1.165) is 31.3 Å². The molecule has 0 heterocycles. The van der Waals surface area contributed by atoms with Crippen molar-refractivity contribution in [2.75, 3.05) is 13.2 Å². The molecule has 4 saturated carbocycles. The summed E-state index contributed by atoms with van der Waals surface area (Å²) in [6.45, 7) is 3.79. The predicted molar refractivity (Wildman–Crippen MR) is 154 cm³/mol. The van der Waals surface area contributed by atoms with Gasteiger partial charge in [0.2, 0.25) is 11.7 Å². The zero-order chi connectivity index (χ0) is 31.2. The van der Waals surface area contributed by atoms with E-state index in [4.69, 9.17) is 9.84 Å². The minimum Gasteiger partial charge on any atom is -0.481 e. The highest BCUT2D eigenvalue weighted by atomic mass is 16.5. The standard InChI is InChI=1S/C33H45NO9/c1-31-13-11-22(35)15-21(31)7-8-23-24-12-14-33(42,32(24,2)16-25(36)29(23)31)26(37)18-43-28(39)10-9-27(38)34-17-19-3-5-20(6-4-19)30(40)41/h11,13,15,19-20,23-25,29,36,42H,3-10,12,14,16-18H2,1-2H3,(H,34,38)(H,40,41)/t19?,20?,23-,24+,25+,29+,31+,32+,33-/m1/s1. The molecule has 0 aromatic heterocycles. The Morgan fingerprint density at radius 2 is 1.77 bits per heavy atom. The largest absolute Gasteiger partial charge is 0.481 e. The second-order valence-electron chi connectivity index (χ2n) is 14.1. The summed E-state index contributed by atoms with van der Waals surface area (Å²) in [4.78, 5) is 61.2. The number of amides is 1. The van der Waals surface area contributed by atoms with Crippen LogP contribution in [0.2, 0.25) is 0 Å². The molecule has 4 fully saturated rings. The number of carbonyl (C=O) groups excluding carboxylic acids is 4. The van der Waals surface area contributed by atoms with Crippen molar-refractivity contribution in [3.8, 4) is 0 Å². The molecule has 10 nitrogen and oxygen atoms in total. The molecule has 5 aliphatic rings. The number of rotatable bonds is 9. The molecule has 0 spiro atoms. The maximum absolute atomic E-state index is 13.4. The number of hydrogen-bond donors (Lipinski definition) is 4. The SMILES string of the molecule is C[C@]12C=CC(=O)C=C1CC[C@H]1[C@H]2[C@@H](O)C[C@@]2(C)[C@H]1CC[C@@]2(O)C(=O)COC(=O)CCC(=O)NCC1CCC(C(=O)O)CC1. The van der Waals surface area contributed by atoms with E-state index in [1.165, 1.54) is 0 Å². The first-order chi connectivity index (χ1) is 20.3. The number of ketones is 2. The number of carboxylic acid groups (broad SMARTS) is 1. The number of carbonyl (C=O) groups is 5. The molecule has 0 aromatic carbocycles. The van der Waals surface area contributed by atoms with Gasteiger partial charge in [-0.25, -0.2) is 0 Å². The van der Waals surface area contributed by atoms with Crippen molar-refractivity contribution in [2.24, 2.45) is 40.4 Å². The quantitative estimate of drug-likeness (QED) is 0.291. The van der Waals surface area contributed by atoms with Crippen LogP contribution in [0.5, 0.6) is 0 Å². The van der Waals surface area contributed by atoms with Crippen LogP contribution in [0, 0.1) is 40.4 Å². The van der Waals surface area contributed by atoms with Crippen molar-refractivity contribution < 1.29 is 44.0 Å². The van der Waals surface area contributed by atoms with Gasteiger partial charge in [0.1, 0.15) is 5.60 Å². The van der Waals surface area contributed by atoms with E-state index >= 15 is 0 Å². The lowest BCUT2D eigenvalue weighted by molar-refractivity contribution is -0.181. The van der Waals surface area contributed by atoms with Crippen LogP contribution >= 0.6 is 0 Å². The van der Waals surface area contributed by atoms with Crippen LogP contribution in [0.3, 0.4) is 0 Å². The van der Waals surface area contributed by atoms with E-state index in [1.54, 1.807) is 12.2 Å². The van der Waals surface area contributed by atoms with E-state index in [0.29, 0.717) is 25.8 Å². The van der Waals surface area contributed by atoms with E-state index < -0.39 is 46.9 Å². The fourth-order valence-electron chi connectivity index (χ4n) is 9.30. The van der Waals surface area contributed by atoms with Crippen molar-refractivity contribution in [2.45, 2.75) is 96.2 Å². The Labute approximate surface area is 252 Å². The lowest BCUT2D eigenvalue weighted by atomic mass is 9.46. The van der Waals surface area contributed by atoms with Crippen LogP contribution in [-0.4, -0.2) is 69.6 Å². The molecule has 0 saturated heterocycles. The molecule has 4 N–H and O–H groups in total. The van der Waals surface area contributed by atoms with E-state index in [2.05, 4.69) is 12.2 Å². The Balaban J connectivity index is 1.12. The van der Waals surface area contributed by atoms with E-state index in [-0.39, 0.29) is 67.0 Å². The van der Waals surface area contributed by atoms with Crippen LogP contribution in [0.4, 0.5) is 0 Å². The number of carboxylic acids is 1. The second-order valence-corrected chi connectivity index (χ2v) is 14.1. The van der Waals surface area contributed by atoms with Gasteiger partial charge in [0.15, 0.2) is 12.4 Å². The van der Waals surface area contributed by atoms with Gasteiger partial charge in [0, 0.05) is 29.7 Å². The zero-order valence-corrected chi connectivity index (χ0v) is 25.2. The minimum absolute atomic E-state index is 0.00201. The van der Waals surface area contributed by atoms with Gasteiger partial charge >= 0.3 is 11.9 Å². The maximum atomic E-state index is 13.4. The zero-order valence-electron chi connectivity index (χ0n) is 25.2. The fraction of sp³-hybridized carbons (Fsp3) is 0.727. The van der Waals surface area contributed by atoms with Crippen molar-refractivity contribution in [1.82, 2.24) is 5.32 Å². The van der Waals surface area contributed by atoms with Gasteiger partial charge in [-0.05, 0) is 87.7 Å². The number of aliphatic carboxylic acids is 1. The van der Waals surface area contributed by atoms with Crippen molar-refractivity contribution in [3.05, 3.63) is 23.8 Å². The van der Waals surface area contributed by atoms with Crippen LogP contribution in [0.25, 0.3) is 0 Å². The molecule has 5 rings (SSSR count). The number of ether oxygens (including phenoxy) is 1. The molecule has 236 valence electrons. The third-order valence-corrected chi connectivity index (χ3v) is 11.8. The summed E-state index contributed by atoms with van der Waals surface area (Å²) >= 11 is 0. The van der Waals surface area contributed by atoms with Gasteiger partial charge in [-0.1, -0.05) is 25.5 Å². The summed E-state index contributed by atoms with van der Waals surface area (Å²) in [5.41, 5.74) is -2.02. The van der Waals surface area contributed by atoms with Gasteiger partial charge in [-0.2, -0.15) is 0 Å². The molecule has 0 radical (unpaired) electrons. The number of esters is 1. The van der Waals surface area contributed by atoms with E-state index in [9.17, 15) is 34.2 Å². The summed E-state index contributed by atoms with van der Waals surface area (Å²) in [5, 5.41) is 35.2. The highest BCUT2D eigenvalue weighted by Crippen LogP contribution is 2.67. The fourth-order valence-corrected chi connectivity index (χ4v) is 9.30. The lowest BCUT2D eigenvalue weighted by Crippen LogP contribution is -2.61. The molecule has 0 unspecified atom stereocenters. The Bertz CT molecular complexity index is 1230. The molecule has 5 aliphatic carbocycles. The molecule has 7 atom stereocenters. The molecule has 10 heteroatoms. The van der Waals surface area contributed by atoms with Gasteiger partial charge in [0.05, 0.1) is 18.4 Å². The number of fused-ring (bicyclic) bond motifs is 5. The van der Waals surface area contributed by atoms with Crippen molar-refractivity contribution in [3.63, 3.8) is 0 Å². The first kappa shape index (κ1) is 31.6. The highest BCUT2D eigenvalue weighted by molar-refractivity contribution is 6.01. The van der Waals surface area contributed by atoms with Gasteiger partial charge < -0.3 is 25.4 Å². The average Bonchev–Trinajstić information content (AvgIpc) is 3.24. The third-order valence-electron chi connectivity index (χ3n) is 11.8. The number of allylic oxidation sites excluding steroid dienone is 4. The first-order valence-corrected chi connectivity index (χ1v) is 15.8. The van der Waals surface area contributed by atoms with Crippen LogP contribution in [0.1, 0.15) is 84.5 Å². The van der Waals surface area contributed by atoms with Gasteiger partial charge in [-0.15, -0.1) is 0 Å². The number of aliphatic hydroxyl groups is 2. The maximum Gasteiger partial charge on any atom is 0.306 e. The summed E-state index contributed by atoms with van der Waals surface area (Å²) in [6, 6.07) is 0. The Morgan fingerprint density at radius 3 is 2.47 bits per heavy atom. The number of Topliss-reactive ketones (excluding diaryl/α,β-unsaturated/α-hetero) is 1. The second kappa shape index (κ2) is 11.9. The Hall–Kier alpha value is -2.85. The summed E-state index contributed by atoms with van der Waals surface area (Å²) in [7, 11) is 0. The number of nitrogens with one attached hydrogen (secondary N) is 1. The number of hydrogen-bond acceptors (Lipinski definition) is 8. The molecular formula is C33H45NO9. The van der Waals surface area contributed by atoms with Gasteiger partial charge in [-0.3, -0.25) is 24.0 Å². The lowest BCUT2D eigenvalue weighted by Gasteiger charge is -2.59. The molecule has 0 bridgehead atoms. The van der Waals surface area contributed by atoms with E-state index in [1.807, 2.05) is 13.0 Å². The molecular weight excluding hydrogens is 554 g/mol. The normalized spacial score (nSPS) is 40.0. The molecule has 0 aromatic rings. The summed E-state index contributed by atoms with van der Waals surface area (Å²) < 4.78 is 5.22. The Morgan fingerprint density at radius 1 is 1.05 bits per heavy atom. The van der Waals surface area contributed by atoms with Crippen molar-refractivity contribution >= 4 is 29.4 Å². The topological polar surface area (TPSA) is 167 Å². The first-order valence-electron chi connectivity index (χ1n) is 15.8. The Kier molecular flexibility index (Phi) is 8.75. The minimum atomic E-state index is -1.74. The number of aliphatic hydroxyl groups excluding tert-OH is 1. The summed E-state index contributed by atoms with van der Waals surface area (Å²) in [5.74, 6) is -2.54. The van der Waals surface area contributed by atoms with Crippen LogP contribution in [0.15, 0.2) is 23.8 Å².